The third-order valence-electron chi connectivity index (χ3n) is 4.09. The molecule has 0 amide bonds. The Morgan fingerprint density at radius 1 is 0.550 bits per heavy atom. The number of aryl methyl sites for hydroxylation is 2. The molecule has 20 heavy (non-hydrogen) atoms. The quantitative estimate of drug-likeness (QED) is 0.339. The molecule has 2 aromatic carbocycles. The number of hydrogen-bond acceptors (Lipinski definition) is 0. The number of nitrogens with zero attached hydrogens (tertiary/aromatic N) is 2. The third-order valence-corrected chi connectivity index (χ3v) is 4.09. The van der Waals surface area contributed by atoms with Crippen molar-refractivity contribution >= 4 is 32.6 Å². The number of benzene rings is 2. The molecular weight excluding hydrogens is 244 g/mol. The summed E-state index contributed by atoms with van der Waals surface area (Å²) >= 11 is 0. The van der Waals surface area contributed by atoms with E-state index in [4.69, 9.17) is 0 Å². The first kappa shape index (κ1) is 11.4. The van der Waals surface area contributed by atoms with Crippen molar-refractivity contribution in [3.05, 3.63) is 60.9 Å². The number of rotatable bonds is 0. The molecule has 0 aliphatic heterocycles. The molecule has 0 radical (unpaired) electrons. The lowest BCUT2D eigenvalue weighted by Gasteiger charge is -2.06. The van der Waals surface area contributed by atoms with E-state index in [1.807, 2.05) is 0 Å². The van der Waals surface area contributed by atoms with E-state index in [1.54, 1.807) is 0 Å². The molecule has 0 atom stereocenters. The summed E-state index contributed by atoms with van der Waals surface area (Å²) in [5.74, 6) is 0. The lowest BCUT2D eigenvalue weighted by atomic mass is 9.99. The molecule has 0 N–H and O–H groups in total. The van der Waals surface area contributed by atoms with Gasteiger partial charge in [-0.15, -0.1) is 0 Å². The van der Waals surface area contributed by atoms with Gasteiger partial charge in [-0.3, -0.25) is 0 Å². The van der Waals surface area contributed by atoms with E-state index in [-0.39, 0.29) is 0 Å². The molecule has 2 heteroatoms. The van der Waals surface area contributed by atoms with Crippen molar-refractivity contribution < 1.29 is 9.13 Å². The Morgan fingerprint density at radius 2 is 0.950 bits per heavy atom. The Hall–Kier alpha value is -2.48. The standard InChI is InChI=1S/C18H16N2/c1-19-11-5-9-15-13-7-3-4-8-14(13)16-10-6-12-20(2)18(16)17(15)19/h3-12H,1-2H3/q+2. The highest BCUT2D eigenvalue weighted by atomic mass is 15.0. The van der Waals surface area contributed by atoms with Crippen molar-refractivity contribution in [2.45, 2.75) is 0 Å². The zero-order valence-corrected chi connectivity index (χ0v) is 11.7. The Morgan fingerprint density at radius 3 is 1.40 bits per heavy atom. The fraction of sp³-hybridized carbons (Fsp3) is 0.111. The van der Waals surface area contributed by atoms with Gasteiger partial charge in [-0.1, -0.05) is 24.3 Å². The summed E-state index contributed by atoms with van der Waals surface area (Å²) in [5, 5.41) is 5.25. The SMILES string of the molecule is C[n+]1cccc2c3ccccc3c3ccc[n+](C)c3c21. The van der Waals surface area contributed by atoms with Gasteiger partial charge in [-0.25, -0.2) is 0 Å². The van der Waals surface area contributed by atoms with Gasteiger partial charge in [-0.05, 0) is 22.9 Å². The maximum absolute atomic E-state index is 2.21. The van der Waals surface area contributed by atoms with Crippen molar-refractivity contribution in [2.24, 2.45) is 14.1 Å². The molecule has 0 bridgehead atoms. The largest absolute Gasteiger partial charge is 0.285 e. The predicted octanol–water partition coefficient (Wildman–Crippen LogP) is 2.80. The summed E-state index contributed by atoms with van der Waals surface area (Å²) in [6.45, 7) is 0. The highest BCUT2D eigenvalue weighted by Crippen LogP contribution is 2.30. The first-order valence-electron chi connectivity index (χ1n) is 6.85. The van der Waals surface area contributed by atoms with Crippen LogP contribution in [0.2, 0.25) is 0 Å². The van der Waals surface area contributed by atoms with Crippen LogP contribution in [0.25, 0.3) is 32.6 Å². The normalized spacial score (nSPS) is 11.5. The van der Waals surface area contributed by atoms with Crippen molar-refractivity contribution in [1.82, 2.24) is 0 Å². The molecule has 2 nitrogen and oxygen atoms in total. The van der Waals surface area contributed by atoms with Crippen LogP contribution in [0, 0.1) is 0 Å². The van der Waals surface area contributed by atoms with E-state index < -0.39 is 0 Å². The average Bonchev–Trinajstić information content (AvgIpc) is 2.48. The van der Waals surface area contributed by atoms with Gasteiger partial charge < -0.3 is 0 Å². The highest BCUT2D eigenvalue weighted by molar-refractivity contribution is 6.21. The number of hydrogen-bond donors (Lipinski definition) is 0. The van der Waals surface area contributed by atoms with Gasteiger partial charge in [0, 0.05) is 12.1 Å². The summed E-state index contributed by atoms with van der Waals surface area (Å²) in [6, 6.07) is 17.3. The van der Waals surface area contributed by atoms with E-state index in [1.165, 1.54) is 32.6 Å². The van der Waals surface area contributed by atoms with E-state index in [9.17, 15) is 0 Å². The molecular formula is C18H16N2+2. The van der Waals surface area contributed by atoms with Gasteiger partial charge in [0.2, 0.25) is 0 Å². The zero-order valence-electron chi connectivity index (χ0n) is 11.7. The second-order valence-corrected chi connectivity index (χ2v) is 5.31. The third kappa shape index (κ3) is 1.39. The fourth-order valence-corrected chi connectivity index (χ4v) is 3.20. The zero-order chi connectivity index (χ0) is 13.7. The topological polar surface area (TPSA) is 7.76 Å². The summed E-state index contributed by atoms with van der Waals surface area (Å²) in [6.07, 6.45) is 4.23. The Labute approximate surface area is 117 Å². The number of pyridine rings is 2. The average molecular weight is 260 g/mol. The molecule has 0 spiro atoms. The molecule has 0 saturated carbocycles. The molecule has 2 aromatic heterocycles. The van der Waals surface area contributed by atoms with E-state index in [2.05, 4.69) is 84.2 Å². The molecule has 2 heterocycles. The van der Waals surface area contributed by atoms with Gasteiger partial charge in [-0.2, -0.15) is 9.13 Å². The second kappa shape index (κ2) is 4.01. The van der Waals surface area contributed by atoms with Gasteiger partial charge in [0.15, 0.2) is 12.4 Å². The van der Waals surface area contributed by atoms with Gasteiger partial charge >= 0.3 is 0 Å². The monoisotopic (exact) mass is 260 g/mol. The molecule has 96 valence electrons. The summed E-state index contributed by atoms with van der Waals surface area (Å²) < 4.78 is 4.42. The van der Waals surface area contributed by atoms with Crippen LogP contribution in [0.15, 0.2) is 60.9 Å². The van der Waals surface area contributed by atoms with Crippen LogP contribution in [-0.4, -0.2) is 0 Å². The summed E-state index contributed by atoms with van der Waals surface area (Å²) in [4.78, 5) is 0. The van der Waals surface area contributed by atoms with Gasteiger partial charge in [0.1, 0.15) is 14.1 Å². The van der Waals surface area contributed by atoms with Crippen molar-refractivity contribution in [1.29, 1.82) is 0 Å². The first-order chi connectivity index (χ1) is 9.77. The Balaban J connectivity index is 2.49. The van der Waals surface area contributed by atoms with Crippen molar-refractivity contribution in [2.75, 3.05) is 0 Å². The summed E-state index contributed by atoms with van der Waals surface area (Å²) in [5.41, 5.74) is 2.56. The molecule has 0 fully saturated rings. The maximum Gasteiger partial charge on any atom is 0.285 e. The van der Waals surface area contributed by atoms with Crippen LogP contribution in [0.1, 0.15) is 0 Å². The lowest BCUT2D eigenvalue weighted by Crippen LogP contribution is -2.34. The minimum absolute atomic E-state index is 1.28. The van der Waals surface area contributed by atoms with Crippen molar-refractivity contribution in [3.8, 4) is 0 Å². The minimum Gasteiger partial charge on any atom is -0.195 e. The first-order valence-corrected chi connectivity index (χ1v) is 6.85. The van der Waals surface area contributed by atoms with E-state index >= 15 is 0 Å². The van der Waals surface area contributed by atoms with E-state index in [0.717, 1.165) is 0 Å². The second-order valence-electron chi connectivity index (χ2n) is 5.31. The van der Waals surface area contributed by atoms with Crippen LogP contribution in [0.4, 0.5) is 0 Å². The van der Waals surface area contributed by atoms with Crippen LogP contribution >= 0.6 is 0 Å². The number of fused-ring (bicyclic) bond motifs is 6. The predicted molar refractivity (Wildman–Crippen MR) is 81.3 cm³/mol. The molecule has 4 rings (SSSR count). The van der Waals surface area contributed by atoms with E-state index in [0.29, 0.717) is 0 Å². The highest BCUT2D eigenvalue weighted by Gasteiger charge is 2.21. The molecule has 0 saturated heterocycles. The molecule has 0 aliphatic carbocycles. The fourth-order valence-electron chi connectivity index (χ4n) is 3.20. The Kier molecular flexibility index (Phi) is 2.27. The molecule has 0 aliphatic rings. The lowest BCUT2D eigenvalue weighted by molar-refractivity contribution is -0.664. The van der Waals surface area contributed by atoms with Crippen LogP contribution in [0.5, 0.6) is 0 Å². The van der Waals surface area contributed by atoms with Gasteiger partial charge in [0.25, 0.3) is 11.0 Å². The molecule has 4 aromatic rings. The number of aromatic nitrogens is 2. The van der Waals surface area contributed by atoms with Crippen LogP contribution in [0.3, 0.4) is 0 Å². The van der Waals surface area contributed by atoms with Crippen LogP contribution < -0.4 is 9.13 Å². The smallest absolute Gasteiger partial charge is 0.195 e. The maximum atomic E-state index is 2.21. The summed E-state index contributed by atoms with van der Waals surface area (Å²) in [7, 11) is 4.23. The molecule has 0 unspecified atom stereocenters. The Bertz CT molecular complexity index is 891. The van der Waals surface area contributed by atoms with Gasteiger partial charge in [0.05, 0.1) is 10.8 Å². The van der Waals surface area contributed by atoms with Crippen molar-refractivity contribution in [3.63, 3.8) is 0 Å². The minimum atomic E-state index is 1.28. The van der Waals surface area contributed by atoms with Crippen LogP contribution in [-0.2, 0) is 14.1 Å².